The van der Waals surface area contributed by atoms with Crippen LogP contribution in [0.4, 0.5) is 0 Å². The second kappa shape index (κ2) is 4.57. The van der Waals surface area contributed by atoms with Gasteiger partial charge in [0.2, 0.25) is 0 Å². The Balaban J connectivity index is 1.73. The Morgan fingerprint density at radius 1 is 1.05 bits per heavy atom. The molecule has 0 aliphatic carbocycles. The molecule has 4 rings (SSSR count). The van der Waals surface area contributed by atoms with E-state index in [2.05, 4.69) is 59.7 Å². The van der Waals surface area contributed by atoms with Gasteiger partial charge in [-0.05, 0) is 24.3 Å². The number of para-hydroxylation sites is 1. The van der Waals surface area contributed by atoms with E-state index in [9.17, 15) is 0 Å². The summed E-state index contributed by atoms with van der Waals surface area (Å²) in [6.45, 7) is 0.923. The maximum atomic E-state index is 6.14. The van der Waals surface area contributed by atoms with E-state index in [0.29, 0.717) is 0 Å². The SMILES string of the molecule is C1=CC2=C(C3C=Cc4ccccc4O3)C=CCN2C=C1. The van der Waals surface area contributed by atoms with Crippen LogP contribution in [0, 0.1) is 0 Å². The summed E-state index contributed by atoms with van der Waals surface area (Å²) in [5.74, 6) is 0.953. The third-order valence-electron chi connectivity index (χ3n) is 3.77. The molecule has 0 amide bonds. The van der Waals surface area contributed by atoms with Gasteiger partial charge in [0.25, 0.3) is 0 Å². The highest BCUT2D eigenvalue weighted by molar-refractivity contribution is 5.62. The first kappa shape index (κ1) is 11.4. The van der Waals surface area contributed by atoms with E-state index in [1.165, 1.54) is 11.3 Å². The van der Waals surface area contributed by atoms with Crippen LogP contribution in [0.3, 0.4) is 0 Å². The van der Waals surface area contributed by atoms with Crippen LogP contribution in [0.5, 0.6) is 5.75 Å². The number of hydrogen-bond acceptors (Lipinski definition) is 2. The zero-order chi connectivity index (χ0) is 13.4. The topological polar surface area (TPSA) is 12.5 Å². The van der Waals surface area contributed by atoms with Crippen LogP contribution >= 0.6 is 0 Å². The summed E-state index contributed by atoms with van der Waals surface area (Å²) in [5, 5.41) is 0. The van der Waals surface area contributed by atoms with Gasteiger partial charge >= 0.3 is 0 Å². The molecule has 0 bridgehead atoms. The number of rotatable bonds is 1. The van der Waals surface area contributed by atoms with Crippen molar-refractivity contribution in [1.29, 1.82) is 0 Å². The Morgan fingerprint density at radius 3 is 3.00 bits per heavy atom. The maximum absolute atomic E-state index is 6.14. The summed E-state index contributed by atoms with van der Waals surface area (Å²) < 4.78 is 6.14. The lowest BCUT2D eigenvalue weighted by atomic mass is 9.98. The number of ether oxygens (including phenoxy) is 1. The zero-order valence-electron chi connectivity index (χ0n) is 11.1. The van der Waals surface area contributed by atoms with Crippen LogP contribution in [0.1, 0.15) is 5.56 Å². The molecule has 3 aliphatic rings. The first-order valence-electron chi connectivity index (χ1n) is 6.88. The Labute approximate surface area is 118 Å². The van der Waals surface area contributed by atoms with Crippen molar-refractivity contribution in [2.24, 2.45) is 0 Å². The lowest BCUT2D eigenvalue weighted by molar-refractivity contribution is 0.278. The molecule has 0 saturated heterocycles. The number of fused-ring (bicyclic) bond motifs is 2. The van der Waals surface area contributed by atoms with Crippen molar-refractivity contribution in [2.45, 2.75) is 6.10 Å². The molecular formula is C18H15NO. The molecule has 3 aliphatic heterocycles. The number of hydrogen-bond donors (Lipinski definition) is 0. The van der Waals surface area contributed by atoms with E-state index < -0.39 is 0 Å². The molecule has 3 heterocycles. The Bertz CT molecular complexity index is 691. The van der Waals surface area contributed by atoms with Crippen molar-refractivity contribution in [3.05, 3.63) is 83.8 Å². The van der Waals surface area contributed by atoms with Crippen molar-refractivity contribution >= 4 is 6.08 Å². The molecule has 1 aromatic carbocycles. The van der Waals surface area contributed by atoms with Gasteiger partial charge in [0.15, 0.2) is 0 Å². The molecule has 0 saturated carbocycles. The van der Waals surface area contributed by atoms with Crippen molar-refractivity contribution < 1.29 is 4.74 Å². The summed E-state index contributed by atoms with van der Waals surface area (Å²) in [5.41, 5.74) is 3.58. The van der Waals surface area contributed by atoms with Crippen LogP contribution in [0.2, 0.25) is 0 Å². The molecule has 1 unspecified atom stereocenters. The van der Waals surface area contributed by atoms with E-state index in [0.717, 1.165) is 17.9 Å². The zero-order valence-corrected chi connectivity index (χ0v) is 11.1. The summed E-state index contributed by atoms with van der Waals surface area (Å²) in [6.07, 6.45) is 17.0. The predicted molar refractivity (Wildman–Crippen MR) is 81.0 cm³/mol. The van der Waals surface area contributed by atoms with Gasteiger partial charge in [-0.2, -0.15) is 0 Å². The fourth-order valence-corrected chi connectivity index (χ4v) is 2.78. The molecule has 0 aromatic heterocycles. The standard InChI is InChI=1S/C18H15NO/c1-2-9-17-14(6-1)10-11-18(20-17)15-7-5-13-19-12-4-3-8-16(15)19/h1-12,18H,13H2. The maximum Gasteiger partial charge on any atom is 0.144 e. The highest BCUT2D eigenvalue weighted by Gasteiger charge is 2.23. The summed E-state index contributed by atoms with van der Waals surface area (Å²) in [4.78, 5) is 2.24. The number of benzene rings is 1. The lowest BCUT2D eigenvalue weighted by Crippen LogP contribution is -2.28. The fourth-order valence-electron chi connectivity index (χ4n) is 2.78. The Morgan fingerprint density at radius 2 is 2.00 bits per heavy atom. The van der Waals surface area contributed by atoms with Crippen LogP contribution in [-0.4, -0.2) is 17.5 Å². The van der Waals surface area contributed by atoms with E-state index in [-0.39, 0.29) is 6.10 Å². The van der Waals surface area contributed by atoms with Crippen LogP contribution in [0.15, 0.2) is 78.2 Å². The monoisotopic (exact) mass is 261 g/mol. The first-order chi connectivity index (χ1) is 9.92. The summed E-state index contributed by atoms with van der Waals surface area (Å²) >= 11 is 0. The average Bonchev–Trinajstić information content (AvgIpc) is 2.54. The van der Waals surface area contributed by atoms with Crippen molar-refractivity contribution in [2.75, 3.05) is 6.54 Å². The quantitative estimate of drug-likeness (QED) is 0.764. The average molecular weight is 261 g/mol. The van der Waals surface area contributed by atoms with Crippen LogP contribution < -0.4 is 4.74 Å². The van der Waals surface area contributed by atoms with Gasteiger partial charge in [0.1, 0.15) is 11.9 Å². The second-order valence-electron chi connectivity index (χ2n) is 5.03. The van der Waals surface area contributed by atoms with Crippen LogP contribution in [-0.2, 0) is 0 Å². The minimum atomic E-state index is -0.0184. The van der Waals surface area contributed by atoms with Gasteiger partial charge in [0.05, 0.1) is 0 Å². The largest absolute Gasteiger partial charge is 0.481 e. The smallest absolute Gasteiger partial charge is 0.144 e. The highest BCUT2D eigenvalue weighted by Crippen LogP contribution is 2.32. The molecule has 2 nitrogen and oxygen atoms in total. The molecule has 0 radical (unpaired) electrons. The molecule has 20 heavy (non-hydrogen) atoms. The summed E-state index contributed by atoms with van der Waals surface area (Å²) in [7, 11) is 0. The van der Waals surface area contributed by atoms with Gasteiger partial charge in [-0.1, -0.05) is 42.5 Å². The second-order valence-corrected chi connectivity index (χ2v) is 5.03. The first-order valence-corrected chi connectivity index (χ1v) is 6.88. The predicted octanol–water partition coefficient (Wildman–Crippen LogP) is 3.67. The number of nitrogens with zero attached hydrogens (tertiary/aromatic N) is 1. The molecular weight excluding hydrogens is 246 g/mol. The van der Waals surface area contributed by atoms with Gasteiger partial charge in [-0.15, -0.1) is 0 Å². The van der Waals surface area contributed by atoms with Crippen LogP contribution in [0.25, 0.3) is 6.08 Å². The van der Waals surface area contributed by atoms with E-state index in [1.807, 2.05) is 18.2 Å². The van der Waals surface area contributed by atoms with Crippen molar-refractivity contribution in [3.8, 4) is 5.75 Å². The molecule has 1 aromatic rings. The molecule has 1 atom stereocenters. The molecule has 98 valence electrons. The van der Waals surface area contributed by atoms with Crippen molar-refractivity contribution in [1.82, 2.24) is 4.90 Å². The Hall–Kier alpha value is -2.48. The summed E-state index contributed by atoms with van der Waals surface area (Å²) in [6, 6.07) is 8.15. The molecule has 2 heteroatoms. The van der Waals surface area contributed by atoms with Gasteiger partial charge in [-0.3, -0.25) is 0 Å². The fraction of sp³-hybridized carbons (Fsp3) is 0.111. The van der Waals surface area contributed by atoms with Gasteiger partial charge < -0.3 is 9.64 Å². The number of allylic oxidation sites excluding steroid dienone is 3. The van der Waals surface area contributed by atoms with Gasteiger partial charge in [0, 0.05) is 29.6 Å². The van der Waals surface area contributed by atoms with Gasteiger partial charge in [-0.25, -0.2) is 0 Å². The third kappa shape index (κ3) is 1.81. The van der Waals surface area contributed by atoms with E-state index in [4.69, 9.17) is 4.74 Å². The highest BCUT2D eigenvalue weighted by atomic mass is 16.5. The third-order valence-corrected chi connectivity index (χ3v) is 3.77. The normalized spacial score (nSPS) is 22.6. The molecule has 0 N–H and O–H groups in total. The minimum Gasteiger partial charge on any atom is -0.481 e. The van der Waals surface area contributed by atoms with E-state index in [1.54, 1.807) is 0 Å². The Kier molecular flexibility index (Phi) is 2.59. The minimum absolute atomic E-state index is 0.0184. The molecule has 0 spiro atoms. The van der Waals surface area contributed by atoms with Crippen molar-refractivity contribution in [3.63, 3.8) is 0 Å². The lowest BCUT2D eigenvalue weighted by Gasteiger charge is -2.31. The molecule has 0 fully saturated rings. The van der Waals surface area contributed by atoms with E-state index >= 15 is 0 Å².